The molecule has 0 aliphatic carbocycles. The first-order valence-electron chi connectivity index (χ1n) is 7.97. The summed E-state index contributed by atoms with van der Waals surface area (Å²) < 4.78 is 44.9. The third-order valence-corrected chi connectivity index (χ3v) is 4.50. The molecule has 0 radical (unpaired) electrons. The van der Waals surface area contributed by atoms with Crippen LogP contribution >= 0.6 is 27.5 Å². The van der Waals surface area contributed by atoms with Gasteiger partial charge in [-0.15, -0.1) is 0 Å². The maximum Gasteiger partial charge on any atom is 0.416 e. The van der Waals surface area contributed by atoms with Gasteiger partial charge in [0.25, 0.3) is 5.91 Å². The van der Waals surface area contributed by atoms with Crippen LogP contribution in [0.3, 0.4) is 0 Å². The molecular formula is C19H18BrClF3NO2. The van der Waals surface area contributed by atoms with Crippen molar-refractivity contribution in [3.05, 3.63) is 57.0 Å². The van der Waals surface area contributed by atoms with E-state index in [0.29, 0.717) is 5.75 Å². The Kier molecular flexibility index (Phi) is 6.47. The highest BCUT2D eigenvalue weighted by molar-refractivity contribution is 9.10. The van der Waals surface area contributed by atoms with Crippen molar-refractivity contribution in [1.82, 2.24) is 0 Å². The van der Waals surface area contributed by atoms with E-state index in [1.807, 2.05) is 26.8 Å². The molecule has 146 valence electrons. The van der Waals surface area contributed by atoms with Crippen molar-refractivity contribution in [1.29, 1.82) is 0 Å². The summed E-state index contributed by atoms with van der Waals surface area (Å²) in [4.78, 5) is 12.1. The van der Waals surface area contributed by atoms with Gasteiger partial charge < -0.3 is 10.1 Å². The number of rotatable bonds is 4. The number of carbonyl (C=O) groups is 1. The minimum Gasteiger partial charge on any atom is -0.483 e. The van der Waals surface area contributed by atoms with Crippen LogP contribution in [-0.4, -0.2) is 12.5 Å². The van der Waals surface area contributed by atoms with Crippen molar-refractivity contribution in [3.63, 3.8) is 0 Å². The molecule has 0 heterocycles. The molecule has 2 rings (SSSR count). The highest BCUT2D eigenvalue weighted by Gasteiger charge is 2.31. The van der Waals surface area contributed by atoms with Crippen LogP contribution in [0, 0.1) is 0 Å². The average Bonchev–Trinajstić information content (AvgIpc) is 2.53. The number of halogens is 5. The first-order valence-corrected chi connectivity index (χ1v) is 9.14. The van der Waals surface area contributed by atoms with Crippen LogP contribution in [0.25, 0.3) is 0 Å². The molecule has 1 N–H and O–H groups in total. The molecule has 3 nitrogen and oxygen atoms in total. The molecule has 0 fully saturated rings. The van der Waals surface area contributed by atoms with E-state index in [0.717, 1.165) is 28.2 Å². The van der Waals surface area contributed by atoms with Gasteiger partial charge in [0.15, 0.2) is 6.61 Å². The maximum atomic E-state index is 12.8. The maximum absolute atomic E-state index is 12.8. The molecule has 0 aromatic heterocycles. The Balaban J connectivity index is 2.12. The van der Waals surface area contributed by atoms with Crippen LogP contribution in [-0.2, 0) is 16.4 Å². The monoisotopic (exact) mass is 463 g/mol. The van der Waals surface area contributed by atoms with Crippen molar-refractivity contribution in [2.24, 2.45) is 0 Å². The lowest BCUT2D eigenvalue weighted by atomic mass is 9.86. The lowest BCUT2D eigenvalue weighted by Crippen LogP contribution is -2.22. The van der Waals surface area contributed by atoms with Gasteiger partial charge in [0.2, 0.25) is 0 Å². The van der Waals surface area contributed by atoms with Gasteiger partial charge in [-0.1, -0.05) is 48.3 Å². The van der Waals surface area contributed by atoms with E-state index in [4.69, 9.17) is 16.3 Å². The van der Waals surface area contributed by atoms with E-state index < -0.39 is 17.6 Å². The molecule has 0 atom stereocenters. The van der Waals surface area contributed by atoms with Gasteiger partial charge in [0.1, 0.15) is 5.75 Å². The molecule has 2 aromatic rings. The predicted molar refractivity (Wildman–Crippen MR) is 103 cm³/mol. The van der Waals surface area contributed by atoms with Gasteiger partial charge in [-0.05, 0) is 41.8 Å². The number of carbonyl (C=O) groups excluding carboxylic acids is 1. The van der Waals surface area contributed by atoms with Crippen LogP contribution in [0.2, 0.25) is 5.02 Å². The van der Waals surface area contributed by atoms with Crippen molar-refractivity contribution in [2.45, 2.75) is 32.4 Å². The quantitative estimate of drug-likeness (QED) is 0.566. The van der Waals surface area contributed by atoms with Gasteiger partial charge in [0.05, 0.1) is 16.3 Å². The van der Waals surface area contributed by atoms with Crippen LogP contribution in [0.4, 0.5) is 18.9 Å². The lowest BCUT2D eigenvalue weighted by molar-refractivity contribution is -0.137. The van der Waals surface area contributed by atoms with Crippen molar-refractivity contribution >= 4 is 39.1 Å². The summed E-state index contributed by atoms with van der Waals surface area (Å²) >= 11 is 9.28. The number of nitrogens with one attached hydrogen (secondary N) is 1. The third-order valence-electron chi connectivity index (χ3n) is 3.68. The highest BCUT2D eigenvalue weighted by atomic mass is 79.9. The van der Waals surface area contributed by atoms with E-state index in [1.165, 1.54) is 0 Å². The van der Waals surface area contributed by atoms with E-state index >= 15 is 0 Å². The van der Waals surface area contributed by atoms with Gasteiger partial charge in [-0.25, -0.2) is 0 Å². The number of benzene rings is 2. The molecule has 27 heavy (non-hydrogen) atoms. The van der Waals surface area contributed by atoms with E-state index in [2.05, 4.69) is 21.2 Å². The summed E-state index contributed by atoms with van der Waals surface area (Å²) in [7, 11) is 0. The minimum atomic E-state index is -4.53. The Morgan fingerprint density at radius 2 is 1.81 bits per heavy atom. The minimum absolute atomic E-state index is 0.00960. The number of anilines is 1. The summed E-state index contributed by atoms with van der Waals surface area (Å²) in [6.45, 7) is 5.65. The van der Waals surface area contributed by atoms with E-state index in [9.17, 15) is 18.0 Å². The molecule has 0 saturated heterocycles. The van der Waals surface area contributed by atoms with Gasteiger partial charge in [0, 0.05) is 10.0 Å². The van der Waals surface area contributed by atoms with Crippen LogP contribution in [0.1, 0.15) is 31.9 Å². The number of ether oxygens (including phenoxy) is 1. The Bertz CT molecular complexity index is 848. The summed E-state index contributed by atoms with van der Waals surface area (Å²) in [5.41, 5.74) is -0.348. The SMILES string of the molecule is CC(C)(C)c1cc(Br)ccc1OCC(=O)Nc1cc(C(F)(F)F)ccc1Cl. The molecule has 8 heteroatoms. The Morgan fingerprint density at radius 1 is 1.15 bits per heavy atom. The lowest BCUT2D eigenvalue weighted by Gasteiger charge is -2.23. The molecule has 0 saturated carbocycles. The van der Waals surface area contributed by atoms with Gasteiger partial charge in [-0.2, -0.15) is 13.2 Å². The Morgan fingerprint density at radius 3 is 2.41 bits per heavy atom. The van der Waals surface area contributed by atoms with E-state index in [-0.39, 0.29) is 22.7 Å². The number of hydrogen-bond donors (Lipinski definition) is 1. The first kappa shape index (κ1) is 21.6. The molecule has 0 unspecified atom stereocenters. The molecule has 0 aliphatic heterocycles. The molecule has 0 bridgehead atoms. The summed E-state index contributed by atoms with van der Waals surface area (Å²) in [5.74, 6) is -0.0880. The fraction of sp³-hybridized carbons (Fsp3) is 0.316. The molecule has 0 spiro atoms. The van der Waals surface area contributed by atoms with Crippen LogP contribution in [0.5, 0.6) is 5.75 Å². The second-order valence-electron chi connectivity index (χ2n) is 6.92. The highest BCUT2D eigenvalue weighted by Crippen LogP contribution is 2.35. The largest absolute Gasteiger partial charge is 0.483 e. The third kappa shape index (κ3) is 5.87. The van der Waals surface area contributed by atoms with Crippen LogP contribution in [0.15, 0.2) is 40.9 Å². The second-order valence-corrected chi connectivity index (χ2v) is 8.24. The number of hydrogen-bond acceptors (Lipinski definition) is 2. The van der Waals surface area contributed by atoms with Crippen molar-refractivity contribution in [2.75, 3.05) is 11.9 Å². The molecule has 0 aliphatic rings. The van der Waals surface area contributed by atoms with Gasteiger partial charge in [-0.3, -0.25) is 4.79 Å². The zero-order valence-electron chi connectivity index (χ0n) is 14.9. The predicted octanol–water partition coefficient (Wildman–Crippen LogP) is 6.44. The average molecular weight is 465 g/mol. The molecular weight excluding hydrogens is 447 g/mol. The molecule has 1 amide bonds. The first-order chi connectivity index (χ1) is 12.4. The Labute approximate surface area is 169 Å². The fourth-order valence-electron chi connectivity index (χ4n) is 2.34. The fourth-order valence-corrected chi connectivity index (χ4v) is 2.87. The smallest absolute Gasteiger partial charge is 0.416 e. The second kappa shape index (κ2) is 8.10. The van der Waals surface area contributed by atoms with E-state index in [1.54, 1.807) is 12.1 Å². The van der Waals surface area contributed by atoms with Crippen molar-refractivity contribution in [3.8, 4) is 5.75 Å². The zero-order valence-corrected chi connectivity index (χ0v) is 17.2. The summed E-state index contributed by atoms with van der Waals surface area (Å²) in [6, 6.07) is 8.15. The normalized spacial score (nSPS) is 12.0. The molecule has 2 aromatic carbocycles. The topological polar surface area (TPSA) is 38.3 Å². The Hall–Kier alpha value is -1.73. The van der Waals surface area contributed by atoms with Crippen LogP contribution < -0.4 is 10.1 Å². The summed E-state index contributed by atoms with van der Waals surface area (Å²) in [5, 5.41) is 2.37. The number of amides is 1. The van der Waals surface area contributed by atoms with Crippen molar-refractivity contribution < 1.29 is 22.7 Å². The number of alkyl halides is 3. The zero-order chi connectivity index (χ0) is 20.4. The van der Waals surface area contributed by atoms with Gasteiger partial charge >= 0.3 is 6.18 Å². The summed E-state index contributed by atoms with van der Waals surface area (Å²) in [6.07, 6.45) is -4.53. The standard InChI is InChI=1S/C19H18BrClF3NO2/c1-18(2,3)13-9-12(20)5-7-16(13)27-10-17(26)25-15-8-11(19(22,23)24)4-6-14(15)21/h4-9H,10H2,1-3H3,(H,25,26).